The van der Waals surface area contributed by atoms with Crippen molar-refractivity contribution >= 4 is 43.4 Å². The van der Waals surface area contributed by atoms with Gasteiger partial charge in [0.15, 0.2) is 0 Å². The smallest absolute Gasteiger partial charge is 0.239 e. The Bertz CT molecular complexity index is 7330. The van der Waals surface area contributed by atoms with Gasteiger partial charge in [-0.15, -0.1) is 0 Å². The van der Waals surface area contributed by atoms with Crippen LogP contribution in [0.2, 0.25) is 0 Å². The molecule has 1 aliphatic heterocycles. The molecule has 784 valence electrons. The molecule has 17 heteroatoms. The number of nitrogens with zero attached hydrogens (tertiary/aromatic N) is 7. The quantitative estimate of drug-likeness (QED) is 0.0819. The Balaban J connectivity index is 0.000000149. The van der Waals surface area contributed by atoms with Crippen LogP contribution in [0.4, 0.5) is 27.9 Å². The lowest BCUT2D eigenvalue weighted by Gasteiger charge is -2.45. The molecule has 2 saturated carbocycles. The highest BCUT2D eigenvalue weighted by Crippen LogP contribution is 2.57. The first-order valence-corrected chi connectivity index (χ1v) is 54.8. The Morgan fingerprint density at radius 3 is 1.28 bits per heavy atom. The molecule has 2 fully saturated rings. The van der Waals surface area contributed by atoms with Gasteiger partial charge in [0, 0.05) is 110 Å². The van der Waals surface area contributed by atoms with E-state index in [2.05, 4.69) is 304 Å². The fraction of sp³-hybridized carbons (Fsp3) is 0.386. The average Bonchev–Trinajstić information content (AvgIpc) is 1.36. The van der Waals surface area contributed by atoms with Crippen molar-refractivity contribution in [2.24, 2.45) is 5.41 Å². The summed E-state index contributed by atoms with van der Waals surface area (Å²) in [5, 5.41) is 2.51. The van der Waals surface area contributed by atoms with Crippen LogP contribution in [0.1, 0.15) is 341 Å². The second-order valence-corrected chi connectivity index (χ2v) is 49.9. The van der Waals surface area contributed by atoms with Crippen LogP contribution < -0.4 is 9.04 Å². The van der Waals surface area contributed by atoms with Gasteiger partial charge in [0.25, 0.3) is 0 Å². The number of rotatable bonds is 17. The Morgan fingerprint density at radius 1 is 0.403 bits per heavy atom. The minimum absolute atomic E-state index is 0.0152. The van der Waals surface area contributed by atoms with Gasteiger partial charge in [-0.2, -0.15) is 0 Å². The van der Waals surface area contributed by atoms with Crippen LogP contribution >= 0.6 is 0 Å². The molecule has 10 aromatic carbocycles. The highest BCUT2D eigenvalue weighted by Gasteiger charge is 2.49. The summed E-state index contributed by atoms with van der Waals surface area (Å²) in [6.45, 7) is 62.1. The van der Waals surface area contributed by atoms with Gasteiger partial charge in [-0.3, -0.25) is 15.0 Å². The molecule has 5 aromatic heterocycles. The molecule has 3 aliphatic rings. The number of fused-ring (bicyclic) bond motifs is 3. The van der Waals surface area contributed by atoms with Crippen LogP contribution in [0.5, 0.6) is 5.75 Å². The number of benzene rings is 10. The molecule has 0 N–H and O–H groups in total. The lowest BCUT2D eigenvalue weighted by atomic mass is 9.69. The van der Waals surface area contributed by atoms with Gasteiger partial charge in [-0.25, -0.2) is 44.6 Å². The van der Waals surface area contributed by atoms with E-state index < -0.39 is 10.0 Å². The SMILES string of the molecule is CC(C)(C)C1=C(c2ccc(F)cc2)c2ccccc2OC12CCCC2.CC(C)(C)c1c(C2CC2)nc2ccccc2c1-c1ccc(F)cc1.CC(C)c1nc(-c2ccccc2)cc(-c2ccc(F)cc2)c1C(C)(C)C.CC(C)c1nc(N(C)S(C)(=O)=O)nc(-c2ccc(F)cc2)c1C(C)(C)C.CC(C)n1c(C(C)(C)C)c(-c2ccccc2)c2ccccc21.COCc1c(C(C)C)nc(C(C)C)c(C(C)(C)C)c1-c1ccc(F)cc1. The molecule has 0 unspecified atom stereocenters. The van der Waals surface area contributed by atoms with Crippen molar-refractivity contribution in [3.05, 3.63) is 369 Å². The first-order valence-electron chi connectivity index (χ1n) is 52.9. The summed E-state index contributed by atoms with van der Waals surface area (Å²) in [4.78, 5) is 24.3. The summed E-state index contributed by atoms with van der Waals surface area (Å²) >= 11 is 0. The second kappa shape index (κ2) is 46.1. The van der Waals surface area contributed by atoms with Gasteiger partial charge in [0.1, 0.15) is 40.4 Å². The molecular weight excluding hydrogens is 1870 g/mol. The van der Waals surface area contributed by atoms with E-state index in [4.69, 9.17) is 24.4 Å². The molecule has 2 aliphatic carbocycles. The zero-order valence-corrected chi connectivity index (χ0v) is 94.6. The molecule has 15 aromatic rings. The highest BCUT2D eigenvalue weighted by atomic mass is 32.2. The normalized spacial score (nSPS) is 13.8. The number of halogens is 5. The van der Waals surface area contributed by atoms with E-state index in [0.717, 1.165) is 130 Å². The number of aromatic nitrogens is 6. The summed E-state index contributed by atoms with van der Waals surface area (Å²) < 4.78 is 107. The lowest BCUT2D eigenvalue weighted by molar-refractivity contribution is 0.0899. The monoisotopic (exact) mass is 2030 g/mol. The minimum atomic E-state index is -3.50. The molecule has 0 atom stereocenters. The first-order chi connectivity index (χ1) is 69.9. The highest BCUT2D eigenvalue weighted by molar-refractivity contribution is 7.92. The maximum atomic E-state index is 13.6. The van der Waals surface area contributed by atoms with Gasteiger partial charge in [-0.05, 0) is 273 Å². The molecule has 149 heavy (non-hydrogen) atoms. The number of ether oxygens (including phenoxy) is 2. The van der Waals surface area contributed by atoms with Crippen molar-refractivity contribution in [3.63, 3.8) is 0 Å². The number of sulfonamides is 1. The topological polar surface area (TPSA) is 125 Å². The van der Waals surface area contributed by atoms with Gasteiger partial charge in [0.2, 0.25) is 16.0 Å². The van der Waals surface area contributed by atoms with E-state index in [1.54, 1.807) is 43.5 Å². The number of hydrogen-bond donors (Lipinski definition) is 0. The van der Waals surface area contributed by atoms with E-state index >= 15 is 0 Å². The zero-order chi connectivity index (χ0) is 109. The molecule has 6 heterocycles. The summed E-state index contributed by atoms with van der Waals surface area (Å²) in [6, 6.07) is 82.4. The van der Waals surface area contributed by atoms with E-state index in [1.165, 1.54) is 136 Å². The molecule has 11 nitrogen and oxygen atoms in total. The zero-order valence-electron chi connectivity index (χ0n) is 93.8. The summed E-state index contributed by atoms with van der Waals surface area (Å²) in [5.41, 5.74) is 31.9. The number of methoxy groups -OCH3 is 1. The van der Waals surface area contributed by atoms with Crippen molar-refractivity contribution in [1.29, 1.82) is 0 Å². The Hall–Kier alpha value is -12.6. The van der Waals surface area contributed by atoms with Crippen molar-refractivity contribution in [3.8, 4) is 72.8 Å². The van der Waals surface area contributed by atoms with Crippen molar-refractivity contribution in [2.75, 3.05) is 24.7 Å². The standard InChI is InChI=1S/C24H26FN.C23H32FNO.C23H25FO.C22H22FN.C21H25N.C19H26FN3O2S/c1-16(2)23-22(24(3,4)5)20(17-11-13-19(25)14-12-17)15-21(26-23)18-9-7-6-8-10-18;1-14(2)21-18(13-26-8)19(16-9-11-17(24)12-10-16)20(23(5,6)7)22(25-21)15(3)4;1-22(2,3)21-20(16-10-12-17(24)13-11-16)18-8-4-5-9-19(18)25-23(21)14-6-7-15-23;1-22(2,3)20-19(14-10-12-16(23)13-11-14)17-6-4-5-7-18(17)24-21(20)15-8-9-15;1-15(2)22-18-14-10-9-13-17(18)19(20(22)21(3,4)5)16-11-7-6-8-12-16;1-12(2)16-15(19(3,4)5)17(13-8-10-14(20)11-9-13)22-18(21-16)23(6)26(7,24)25/h6-16H,1-5H3;9-12,14-15H,13H2,1-8H3;4-5,8-13H,6-7,14-15H2,1-3H3;4-7,10-13,15H,8-9H2,1-3H3;6-15H,1-5H3;8-12H,1-7H3. The number of anilines is 1. The van der Waals surface area contributed by atoms with Crippen LogP contribution in [0.3, 0.4) is 0 Å². The van der Waals surface area contributed by atoms with E-state index in [1.807, 2.05) is 92.7 Å². The predicted molar refractivity (Wildman–Crippen MR) is 613 cm³/mol. The summed E-state index contributed by atoms with van der Waals surface area (Å²) in [5.74, 6) is 1.43. The molecule has 0 radical (unpaired) electrons. The Kier molecular flexibility index (Phi) is 35.1. The molecule has 0 bridgehead atoms. The van der Waals surface area contributed by atoms with E-state index in [0.29, 0.717) is 36.1 Å². The molecule has 18 rings (SSSR count). The number of hydrogen-bond acceptors (Lipinski definition) is 9. The predicted octanol–water partition coefficient (Wildman–Crippen LogP) is 36.4. The molecule has 0 saturated heterocycles. The maximum absolute atomic E-state index is 13.6. The third kappa shape index (κ3) is 26.4. The molecule has 0 amide bonds. The molecule has 1 spiro atoms. The average molecular weight is 2030 g/mol. The third-order valence-electron chi connectivity index (χ3n) is 27.7. The fourth-order valence-electron chi connectivity index (χ4n) is 21.3. The van der Waals surface area contributed by atoms with Gasteiger partial charge >= 0.3 is 0 Å². The third-order valence-corrected chi connectivity index (χ3v) is 28.9. The maximum Gasteiger partial charge on any atom is 0.239 e. The van der Waals surface area contributed by atoms with Gasteiger partial charge in [0.05, 0.1) is 35.5 Å². The number of para-hydroxylation sites is 3. The Labute approximate surface area is 885 Å². The lowest BCUT2D eigenvalue weighted by Crippen LogP contribution is -2.43. The van der Waals surface area contributed by atoms with Crippen LogP contribution in [0.15, 0.2) is 266 Å². The van der Waals surface area contributed by atoms with E-state index in [9.17, 15) is 30.4 Å². The first kappa shape index (κ1) is 114. The largest absolute Gasteiger partial charge is 0.482 e. The van der Waals surface area contributed by atoms with Gasteiger partial charge in [-0.1, -0.05) is 344 Å². The van der Waals surface area contributed by atoms with Crippen LogP contribution in [-0.4, -0.2) is 63.9 Å². The second-order valence-electron chi connectivity index (χ2n) is 47.9. The van der Waals surface area contributed by atoms with Crippen LogP contribution in [0, 0.1) is 34.5 Å². The summed E-state index contributed by atoms with van der Waals surface area (Å²) in [7, 11) is -0.360. The van der Waals surface area contributed by atoms with Crippen LogP contribution in [0.25, 0.3) is 94.4 Å². The number of pyridine rings is 3. The van der Waals surface area contributed by atoms with Gasteiger partial charge < -0.3 is 14.0 Å². The van der Waals surface area contributed by atoms with Crippen LogP contribution in [-0.2, 0) is 48.4 Å². The summed E-state index contributed by atoms with van der Waals surface area (Å²) in [6.07, 6.45) is 8.04. The fourth-order valence-corrected chi connectivity index (χ4v) is 21.7. The molecular formula is C132H156F5N7O4S. The Morgan fingerprint density at radius 2 is 0.819 bits per heavy atom. The van der Waals surface area contributed by atoms with Crippen molar-refractivity contribution in [2.45, 2.75) is 307 Å². The van der Waals surface area contributed by atoms with Crippen molar-refractivity contribution in [1.82, 2.24) is 29.5 Å². The van der Waals surface area contributed by atoms with Crippen molar-refractivity contribution < 1.29 is 39.8 Å². The minimum Gasteiger partial charge on any atom is -0.482 e. The van der Waals surface area contributed by atoms with E-state index in [-0.39, 0.29) is 85.0 Å².